The average molecular weight is 497 g/mol. The molecule has 3 aliphatic rings. The van der Waals surface area contributed by atoms with Gasteiger partial charge in [0.25, 0.3) is 0 Å². The Labute approximate surface area is 210 Å². The second-order valence-corrected chi connectivity index (χ2v) is 9.05. The third kappa shape index (κ3) is 5.62. The zero-order valence-electron chi connectivity index (χ0n) is 20.4. The van der Waals surface area contributed by atoms with Crippen LogP contribution in [-0.2, 0) is 18.9 Å². The Bertz CT molecular complexity index is 988. The second kappa shape index (κ2) is 12.0. The molecule has 36 heavy (non-hydrogen) atoms. The Kier molecular flexibility index (Phi) is 8.28. The monoisotopic (exact) mass is 496 g/mol. The molecule has 2 heterocycles. The van der Waals surface area contributed by atoms with Crippen LogP contribution in [0.5, 0.6) is 11.5 Å². The molecule has 192 valence electrons. The van der Waals surface area contributed by atoms with Crippen molar-refractivity contribution in [3.63, 3.8) is 0 Å². The van der Waals surface area contributed by atoms with Crippen molar-refractivity contribution < 1.29 is 38.0 Å². The maximum atomic E-state index is 13.6. The fourth-order valence-corrected chi connectivity index (χ4v) is 4.77. The van der Waals surface area contributed by atoms with E-state index in [0.717, 1.165) is 38.5 Å². The Balaban J connectivity index is 1.25. The van der Waals surface area contributed by atoms with Crippen LogP contribution in [0.3, 0.4) is 0 Å². The van der Waals surface area contributed by atoms with Gasteiger partial charge in [-0.2, -0.15) is 0 Å². The van der Waals surface area contributed by atoms with E-state index in [-0.39, 0.29) is 48.5 Å². The number of hydrogen-bond donors (Lipinski definition) is 0. The third-order valence-corrected chi connectivity index (χ3v) is 6.56. The zero-order valence-corrected chi connectivity index (χ0v) is 20.4. The molecule has 0 bridgehead atoms. The first kappa shape index (κ1) is 24.9. The van der Waals surface area contributed by atoms with E-state index in [1.165, 1.54) is 0 Å². The molecule has 0 aromatic heterocycles. The summed E-state index contributed by atoms with van der Waals surface area (Å²) < 4.78 is 34.4. The predicted octanol–water partition coefficient (Wildman–Crippen LogP) is 4.31. The predicted molar refractivity (Wildman–Crippen MR) is 130 cm³/mol. The highest BCUT2D eigenvalue weighted by molar-refractivity contribution is 6.30. The number of carbonyl (C=O) groups excluding carboxylic acids is 2. The minimum absolute atomic E-state index is 0.213. The number of hydrogen-bond acceptors (Lipinski definition) is 8. The van der Waals surface area contributed by atoms with E-state index >= 15 is 0 Å². The van der Waals surface area contributed by atoms with Crippen LogP contribution in [0.25, 0.3) is 0 Å². The molecule has 2 fully saturated rings. The van der Waals surface area contributed by atoms with Gasteiger partial charge in [0.2, 0.25) is 5.78 Å². The van der Waals surface area contributed by atoms with Gasteiger partial charge in [-0.3, -0.25) is 9.59 Å². The summed E-state index contributed by atoms with van der Waals surface area (Å²) in [5.74, 6) is 0.197. The number of fused-ring (bicyclic) bond motifs is 2. The molecule has 2 aromatic rings. The van der Waals surface area contributed by atoms with Crippen molar-refractivity contribution in [2.45, 2.75) is 51.1 Å². The van der Waals surface area contributed by atoms with Gasteiger partial charge in [0.1, 0.15) is 24.7 Å². The fourth-order valence-electron chi connectivity index (χ4n) is 4.77. The van der Waals surface area contributed by atoms with Gasteiger partial charge >= 0.3 is 0 Å². The lowest BCUT2D eigenvalue weighted by Crippen LogP contribution is -2.26. The van der Waals surface area contributed by atoms with Gasteiger partial charge in [-0.15, -0.1) is 0 Å². The highest BCUT2D eigenvalue weighted by Crippen LogP contribution is 2.37. The summed E-state index contributed by atoms with van der Waals surface area (Å²) in [6, 6.07) is 10.2. The molecule has 0 saturated carbocycles. The van der Waals surface area contributed by atoms with Crippen LogP contribution in [0, 0.1) is 0 Å². The van der Waals surface area contributed by atoms with Crippen LogP contribution in [0.15, 0.2) is 36.4 Å². The first-order chi connectivity index (χ1) is 17.7. The van der Waals surface area contributed by atoms with Crippen molar-refractivity contribution in [2.24, 2.45) is 0 Å². The molecule has 5 rings (SSSR count). The summed E-state index contributed by atoms with van der Waals surface area (Å²) in [5, 5.41) is 0. The van der Waals surface area contributed by atoms with Crippen molar-refractivity contribution in [1.29, 1.82) is 0 Å². The lowest BCUT2D eigenvalue weighted by Gasteiger charge is -2.24. The number of ether oxygens (including phenoxy) is 6. The summed E-state index contributed by atoms with van der Waals surface area (Å²) >= 11 is 0. The quantitative estimate of drug-likeness (QED) is 0.384. The van der Waals surface area contributed by atoms with E-state index in [0.29, 0.717) is 49.1 Å². The SMILES string of the molecule is O=C1c2cccc(OCCOC3CCCCO3)c2C(=O)c2c(OCCOC3CCCCO3)cccc21. The van der Waals surface area contributed by atoms with E-state index < -0.39 is 0 Å². The maximum Gasteiger partial charge on any atom is 0.201 e. The molecule has 2 aromatic carbocycles. The number of ketones is 2. The highest BCUT2D eigenvalue weighted by atomic mass is 16.7. The molecule has 0 radical (unpaired) electrons. The van der Waals surface area contributed by atoms with Gasteiger partial charge in [-0.1, -0.05) is 24.3 Å². The molecule has 2 aliphatic heterocycles. The van der Waals surface area contributed by atoms with Crippen molar-refractivity contribution in [3.8, 4) is 11.5 Å². The van der Waals surface area contributed by atoms with Crippen LogP contribution in [0.2, 0.25) is 0 Å². The number of rotatable bonds is 10. The van der Waals surface area contributed by atoms with Gasteiger partial charge < -0.3 is 28.4 Å². The lowest BCUT2D eigenvalue weighted by molar-refractivity contribution is -0.165. The van der Waals surface area contributed by atoms with Crippen LogP contribution in [0.4, 0.5) is 0 Å². The molecule has 8 nitrogen and oxygen atoms in total. The van der Waals surface area contributed by atoms with E-state index in [9.17, 15) is 9.59 Å². The number of carbonyl (C=O) groups is 2. The Morgan fingerprint density at radius 2 is 1.14 bits per heavy atom. The van der Waals surface area contributed by atoms with Gasteiger partial charge in [0, 0.05) is 24.3 Å². The van der Waals surface area contributed by atoms with Crippen LogP contribution in [0.1, 0.15) is 70.4 Å². The van der Waals surface area contributed by atoms with Crippen molar-refractivity contribution >= 4 is 11.6 Å². The van der Waals surface area contributed by atoms with Crippen molar-refractivity contribution in [1.82, 2.24) is 0 Å². The molecule has 0 amide bonds. The smallest absolute Gasteiger partial charge is 0.201 e. The van der Waals surface area contributed by atoms with Gasteiger partial charge in [-0.25, -0.2) is 0 Å². The molecule has 2 unspecified atom stereocenters. The number of benzene rings is 2. The lowest BCUT2D eigenvalue weighted by atomic mass is 9.83. The topological polar surface area (TPSA) is 89.5 Å². The molecule has 0 N–H and O–H groups in total. The summed E-state index contributed by atoms with van der Waals surface area (Å²) in [5.41, 5.74) is 1.17. The molecule has 0 spiro atoms. The van der Waals surface area contributed by atoms with E-state index in [1.807, 2.05) is 0 Å². The Hall–Kier alpha value is -2.78. The summed E-state index contributed by atoms with van der Waals surface area (Å²) in [7, 11) is 0. The van der Waals surface area contributed by atoms with E-state index in [4.69, 9.17) is 28.4 Å². The van der Waals surface area contributed by atoms with Crippen molar-refractivity contribution in [2.75, 3.05) is 39.6 Å². The molecule has 2 atom stereocenters. The third-order valence-electron chi connectivity index (χ3n) is 6.56. The minimum Gasteiger partial charge on any atom is -0.490 e. The molecule has 8 heteroatoms. The first-order valence-electron chi connectivity index (χ1n) is 12.8. The largest absolute Gasteiger partial charge is 0.490 e. The van der Waals surface area contributed by atoms with Crippen molar-refractivity contribution in [3.05, 3.63) is 58.7 Å². The molecular formula is C28H32O8. The zero-order chi connectivity index (χ0) is 24.7. The molecule has 2 saturated heterocycles. The Morgan fingerprint density at radius 3 is 1.58 bits per heavy atom. The molecule has 1 aliphatic carbocycles. The van der Waals surface area contributed by atoms with Gasteiger partial charge in [-0.05, 0) is 50.7 Å². The highest BCUT2D eigenvalue weighted by Gasteiger charge is 2.34. The van der Waals surface area contributed by atoms with E-state index in [2.05, 4.69) is 0 Å². The maximum absolute atomic E-state index is 13.6. The first-order valence-corrected chi connectivity index (χ1v) is 12.8. The van der Waals surface area contributed by atoms with E-state index in [1.54, 1.807) is 36.4 Å². The summed E-state index contributed by atoms with van der Waals surface area (Å²) in [4.78, 5) is 26.9. The van der Waals surface area contributed by atoms with Crippen LogP contribution >= 0.6 is 0 Å². The average Bonchev–Trinajstić information content (AvgIpc) is 2.93. The summed E-state index contributed by atoms with van der Waals surface area (Å²) in [6.45, 7) is 2.54. The van der Waals surface area contributed by atoms with Crippen LogP contribution < -0.4 is 9.47 Å². The van der Waals surface area contributed by atoms with Gasteiger partial charge in [0.15, 0.2) is 18.4 Å². The summed E-state index contributed by atoms with van der Waals surface area (Å²) in [6.07, 6.45) is 5.58. The second-order valence-electron chi connectivity index (χ2n) is 9.05. The fraction of sp³-hybridized carbons (Fsp3) is 0.500. The normalized spacial score (nSPS) is 21.6. The minimum atomic E-state index is -0.293. The van der Waals surface area contributed by atoms with Gasteiger partial charge in [0.05, 0.1) is 24.3 Å². The Morgan fingerprint density at radius 1 is 0.639 bits per heavy atom. The molecular weight excluding hydrogens is 464 g/mol. The van der Waals surface area contributed by atoms with Crippen LogP contribution in [-0.4, -0.2) is 63.8 Å². The standard InChI is InChI=1S/C28H32O8/c29-27-19-7-5-9-21(31-15-17-35-23-11-1-3-13-33-23)25(19)28(30)26-20(27)8-6-10-22(26)32-16-18-36-24-12-2-4-14-34-24/h5-10,23-24H,1-4,11-18H2.